The minimum Gasteiger partial charge on any atom is -0.309 e. The van der Waals surface area contributed by atoms with Crippen LogP contribution in [0.4, 0.5) is 0 Å². The summed E-state index contributed by atoms with van der Waals surface area (Å²) in [6.45, 7) is 0. The van der Waals surface area contributed by atoms with E-state index in [1.54, 1.807) is 0 Å². The van der Waals surface area contributed by atoms with Crippen molar-refractivity contribution in [1.82, 2.24) is 24.1 Å². The van der Waals surface area contributed by atoms with Crippen LogP contribution in [-0.2, 0) is 0 Å². The molecule has 0 aliphatic carbocycles. The third-order valence-electron chi connectivity index (χ3n) is 14.9. The molecule has 0 saturated carbocycles. The minimum absolute atomic E-state index is 0.585. The summed E-state index contributed by atoms with van der Waals surface area (Å²) in [4.78, 5) is 16.4. The average molecular weight is 942 g/mol. The molecule has 3 aromatic heterocycles. The molecule has 74 heavy (non-hydrogen) atoms. The molecule has 344 valence electrons. The lowest BCUT2D eigenvalue weighted by molar-refractivity contribution is 1.07. The largest absolute Gasteiger partial charge is 0.309 e. The molecular formula is C69H43N5. The van der Waals surface area contributed by atoms with Crippen LogP contribution in [-0.4, -0.2) is 24.1 Å². The van der Waals surface area contributed by atoms with Gasteiger partial charge in [-0.05, 0) is 92.7 Å². The van der Waals surface area contributed by atoms with E-state index in [9.17, 15) is 0 Å². The third kappa shape index (κ3) is 6.68. The zero-order valence-corrected chi connectivity index (χ0v) is 40.1. The molecular weight excluding hydrogens is 899 g/mol. The lowest BCUT2D eigenvalue weighted by Gasteiger charge is -2.22. The Labute approximate surface area is 426 Å². The number of hydrogen-bond acceptors (Lipinski definition) is 3. The monoisotopic (exact) mass is 941 g/mol. The molecule has 0 fully saturated rings. The maximum absolute atomic E-state index is 5.59. The first kappa shape index (κ1) is 41.8. The molecule has 0 radical (unpaired) electrons. The molecule has 0 spiro atoms. The molecule has 15 rings (SSSR count). The van der Waals surface area contributed by atoms with Crippen molar-refractivity contribution in [3.63, 3.8) is 0 Å². The molecule has 0 amide bonds. The first-order valence-corrected chi connectivity index (χ1v) is 25.2. The van der Waals surface area contributed by atoms with E-state index < -0.39 is 0 Å². The molecule has 12 aromatic carbocycles. The highest BCUT2D eigenvalue weighted by atomic mass is 15.0. The summed E-state index contributed by atoms with van der Waals surface area (Å²) in [5.74, 6) is 1.79. The van der Waals surface area contributed by atoms with E-state index in [1.807, 2.05) is 18.2 Å². The summed E-state index contributed by atoms with van der Waals surface area (Å²) in [6.07, 6.45) is 0. The molecule has 15 aromatic rings. The average Bonchev–Trinajstić information content (AvgIpc) is 4.00. The van der Waals surface area contributed by atoms with E-state index in [0.717, 1.165) is 88.5 Å². The summed E-state index contributed by atoms with van der Waals surface area (Å²) in [6, 6.07) is 93.8. The first-order chi connectivity index (χ1) is 36.7. The zero-order valence-electron chi connectivity index (χ0n) is 40.1. The summed E-state index contributed by atoms with van der Waals surface area (Å²) in [7, 11) is 0. The second-order valence-corrected chi connectivity index (χ2v) is 19.1. The summed E-state index contributed by atoms with van der Waals surface area (Å²) in [5, 5.41) is 11.7. The number of benzene rings is 12. The van der Waals surface area contributed by atoms with Crippen LogP contribution in [0.25, 0.3) is 144 Å². The molecule has 0 bridgehead atoms. The fourth-order valence-corrected chi connectivity index (χ4v) is 11.5. The van der Waals surface area contributed by atoms with Gasteiger partial charge in [-0.3, -0.25) is 0 Å². The van der Waals surface area contributed by atoms with Gasteiger partial charge in [-0.25, -0.2) is 15.0 Å². The van der Waals surface area contributed by atoms with Gasteiger partial charge in [0.05, 0.1) is 27.8 Å². The normalized spacial score (nSPS) is 11.8. The lowest BCUT2D eigenvalue weighted by Crippen LogP contribution is -2.04. The predicted molar refractivity (Wildman–Crippen MR) is 308 cm³/mol. The number of aromatic nitrogens is 5. The second-order valence-electron chi connectivity index (χ2n) is 19.1. The first-order valence-electron chi connectivity index (χ1n) is 25.2. The van der Waals surface area contributed by atoms with Crippen molar-refractivity contribution < 1.29 is 0 Å². The van der Waals surface area contributed by atoms with E-state index in [0.29, 0.717) is 17.5 Å². The van der Waals surface area contributed by atoms with Gasteiger partial charge in [0.2, 0.25) is 0 Å². The highest BCUT2D eigenvalue weighted by Gasteiger charge is 2.26. The van der Waals surface area contributed by atoms with Gasteiger partial charge in [-0.15, -0.1) is 0 Å². The number of fused-ring (bicyclic) bond motifs is 10. The van der Waals surface area contributed by atoms with Crippen molar-refractivity contribution in [2.24, 2.45) is 0 Å². The van der Waals surface area contributed by atoms with Gasteiger partial charge < -0.3 is 9.13 Å². The van der Waals surface area contributed by atoms with Crippen LogP contribution >= 0.6 is 0 Å². The Hall–Kier alpha value is -9.97. The van der Waals surface area contributed by atoms with Crippen LogP contribution in [0.1, 0.15) is 0 Å². The Morgan fingerprint density at radius 3 is 1.57 bits per heavy atom. The zero-order chi connectivity index (χ0) is 48.7. The van der Waals surface area contributed by atoms with E-state index in [2.05, 4.69) is 252 Å². The number of rotatable bonds is 7. The van der Waals surface area contributed by atoms with Crippen LogP contribution < -0.4 is 0 Å². The Morgan fingerprint density at radius 2 is 0.811 bits per heavy atom. The molecule has 0 unspecified atom stereocenters. The van der Waals surface area contributed by atoms with Gasteiger partial charge in [0.15, 0.2) is 17.5 Å². The van der Waals surface area contributed by atoms with Crippen LogP contribution in [0.3, 0.4) is 0 Å². The highest BCUT2D eigenvalue weighted by Crippen LogP contribution is 2.47. The Bertz CT molecular complexity index is 4710. The van der Waals surface area contributed by atoms with Gasteiger partial charge in [0.1, 0.15) is 0 Å². The maximum atomic E-state index is 5.59. The van der Waals surface area contributed by atoms with Crippen molar-refractivity contribution in [3.05, 3.63) is 261 Å². The Kier molecular flexibility index (Phi) is 9.50. The lowest BCUT2D eigenvalue weighted by atomic mass is 9.91. The molecule has 3 heterocycles. The number of hydrogen-bond donors (Lipinski definition) is 0. The smallest absolute Gasteiger partial charge is 0.164 e. The molecule has 0 saturated heterocycles. The van der Waals surface area contributed by atoms with Crippen LogP contribution in [0, 0.1) is 0 Å². The van der Waals surface area contributed by atoms with E-state index in [1.165, 1.54) is 37.7 Å². The van der Waals surface area contributed by atoms with Gasteiger partial charge in [-0.2, -0.15) is 0 Å². The topological polar surface area (TPSA) is 48.5 Å². The molecule has 5 nitrogen and oxygen atoms in total. The SMILES string of the molecule is c1ccc(-c2nc(-c3cc(-c4ccccc4)c(-n4c5cc6ccccc6cc5c5ccc6ccccc6c54)c(-c4ccc5ccccc5c4)c3)nc(-c3cccc4c3c3ccccc3n4-c3ccccc3)n2)cc1. The van der Waals surface area contributed by atoms with Gasteiger partial charge in [-0.1, -0.05) is 206 Å². The molecule has 0 atom stereocenters. The third-order valence-corrected chi connectivity index (χ3v) is 14.9. The Balaban J connectivity index is 1.08. The van der Waals surface area contributed by atoms with Gasteiger partial charge in [0.25, 0.3) is 0 Å². The summed E-state index contributed by atoms with van der Waals surface area (Å²) < 4.78 is 4.89. The number of para-hydroxylation sites is 2. The van der Waals surface area contributed by atoms with Crippen molar-refractivity contribution in [2.75, 3.05) is 0 Å². The molecule has 0 N–H and O–H groups in total. The Morgan fingerprint density at radius 1 is 0.257 bits per heavy atom. The van der Waals surface area contributed by atoms with Crippen LogP contribution in [0.2, 0.25) is 0 Å². The van der Waals surface area contributed by atoms with Crippen molar-refractivity contribution >= 4 is 75.9 Å². The summed E-state index contributed by atoms with van der Waals surface area (Å²) in [5.41, 5.74) is 13.7. The van der Waals surface area contributed by atoms with Crippen molar-refractivity contribution in [1.29, 1.82) is 0 Å². The quantitative estimate of drug-likeness (QED) is 0.160. The van der Waals surface area contributed by atoms with Crippen molar-refractivity contribution in [2.45, 2.75) is 0 Å². The van der Waals surface area contributed by atoms with Gasteiger partial charge in [0, 0.05) is 60.4 Å². The maximum Gasteiger partial charge on any atom is 0.164 e. The molecule has 0 aliphatic rings. The molecule has 0 aliphatic heterocycles. The summed E-state index contributed by atoms with van der Waals surface area (Å²) >= 11 is 0. The minimum atomic E-state index is 0.585. The van der Waals surface area contributed by atoms with E-state index >= 15 is 0 Å². The van der Waals surface area contributed by atoms with Crippen LogP contribution in [0.5, 0.6) is 0 Å². The fraction of sp³-hybridized carbons (Fsp3) is 0. The number of nitrogens with zero attached hydrogens (tertiary/aromatic N) is 5. The predicted octanol–water partition coefficient (Wildman–Crippen LogP) is 17.9. The van der Waals surface area contributed by atoms with Crippen molar-refractivity contribution in [3.8, 4) is 67.8 Å². The van der Waals surface area contributed by atoms with Crippen LogP contribution in [0.15, 0.2) is 261 Å². The fourth-order valence-electron chi connectivity index (χ4n) is 11.5. The van der Waals surface area contributed by atoms with E-state index in [4.69, 9.17) is 15.0 Å². The molecule has 5 heteroatoms. The van der Waals surface area contributed by atoms with Gasteiger partial charge >= 0.3 is 0 Å². The second kappa shape index (κ2) is 16.8. The standard InChI is InChI=1S/C69H43N5/c1-4-20-45(21-5-1)58-41-52(68-70-67(47-23-6-2-7-24-47)71-69(72-68)57-32-18-34-62-64(57)56-31-16-17-33-61(56)73(62)53-28-8-3-9-29-53)42-59(51-36-35-44-19-10-11-25-48(44)39-51)66(58)74-63-43-50-27-13-12-26-49(50)40-60(63)55-38-37-46-22-14-15-30-54(46)65(55)74/h1-43H. The van der Waals surface area contributed by atoms with E-state index in [-0.39, 0.29) is 0 Å². The highest BCUT2D eigenvalue weighted by molar-refractivity contribution is 6.22.